The number of amides is 2. The topological polar surface area (TPSA) is 49.4 Å². The van der Waals surface area contributed by atoms with E-state index in [-0.39, 0.29) is 11.8 Å². The molecule has 1 aromatic carbocycles. The highest BCUT2D eigenvalue weighted by atomic mass is 16.2. The Kier molecular flexibility index (Phi) is 2.58. The molecule has 1 aromatic rings. The van der Waals surface area contributed by atoms with E-state index in [0.29, 0.717) is 12.8 Å². The van der Waals surface area contributed by atoms with Crippen LogP contribution in [0.3, 0.4) is 0 Å². The minimum atomic E-state index is -0.576. The third-order valence-corrected chi connectivity index (χ3v) is 4.00. The van der Waals surface area contributed by atoms with Gasteiger partial charge in [0, 0.05) is 18.7 Å². The molecule has 0 radical (unpaired) electrons. The van der Waals surface area contributed by atoms with Crippen molar-refractivity contribution in [3.8, 4) is 0 Å². The van der Waals surface area contributed by atoms with Crippen LogP contribution in [0.25, 0.3) is 0 Å². The Bertz CT molecular complexity index is 486. The van der Waals surface area contributed by atoms with Gasteiger partial charge in [-0.05, 0) is 31.4 Å². The van der Waals surface area contributed by atoms with Crippen molar-refractivity contribution in [1.82, 2.24) is 4.90 Å². The van der Waals surface area contributed by atoms with Gasteiger partial charge in [-0.15, -0.1) is 0 Å². The van der Waals surface area contributed by atoms with E-state index in [0.717, 1.165) is 25.1 Å². The van der Waals surface area contributed by atoms with Crippen LogP contribution in [0.1, 0.15) is 25.7 Å². The summed E-state index contributed by atoms with van der Waals surface area (Å²) in [5, 5.41) is 2.93. The molecule has 4 nitrogen and oxygen atoms in total. The Morgan fingerprint density at radius 1 is 1.22 bits per heavy atom. The molecule has 2 saturated heterocycles. The van der Waals surface area contributed by atoms with E-state index in [2.05, 4.69) is 5.32 Å². The zero-order valence-electron chi connectivity index (χ0n) is 10.2. The highest BCUT2D eigenvalue weighted by molar-refractivity contribution is 6.02. The van der Waals surface area contributed by atoms with Crippen molar-refractivity contribution in [3.63, 3.8) is 0 Å². The summed E-state index contributed by atoms with van der Waals surface area (Å²) in [7, 11) is 0. The second kappa shape index (κ2) is 4.12. The molecule has 1 unspecified atom stereocenters. The van der Waals surface area contributed by atoms with Crippen LogP contribution in [0.15, 0.2) is 30.3 Å². The molecule has 1 atom stereocenters. The molecule has 0 bridgehead atoms. The van der Waals surface area contributed by atoms with E-state index in [1.165, 1.54) is 0 Å². The van der Waals surface area contributed by atoms with Gasteiger partial charge in [-0.2, -0.15) is 0 Å². The average molecular weight is 244 g/mol. The Labute approximate surface area is 106 Å². The molecule has 2 aliphatic rings. The lowest BCUT2D eigenvalue weighted by molar-refractivity contribution is -0.136. The van der Waals surface area contributed by atoms with E-state index < -0.39 is 5.54 Å². The van der Waals surface area contributed by atoms with E-state index >= 15 is 0 Å². The van der Waals surface area contributed by atoms with Crippen molar-refractivity contribution >= 4 is 17.5 Å². The van der Waals surface area contributed by atoms with Crippen LogP contribution in [0.4, 0.5) is 5.69 Å². The second-order valence-corrected chi connectivity index (χ2v) is 5.00. The number of hydrogen-bond donors (Lipinski definition) is 1. The van der Waals surface area contributed by atoms with Gasteiger partial charge < -0.3 is 10.2 Å². The molecule has 2 aliphatic heterocycles. The molecule has 0 aliphatic carbocycles. The second-order valence-electron chi connectivity index (χ2n) is 5.00. The zero-order valence-corrected chi connectivity index (χ0v) is 10.2. The summed E-state index contributed by atoms with van der Waals surface area (Å²) < 4.78 is 0. The van der Waals surface area contributed by atoms with Gasteiger partial charge in [0.1, 0.15) is 5.54 Å². The van der Waals surface area contributed by atoms with Gasteiger partial charge in [0.2, 0.25) is 11.8 Å². The molecule has 3 rings (SSSR count). The first kappa shape index (κ1) is 11.3. The zero-order chi connectivity index (χ0) is 12.6. The predicted molar refractivity (Wildman–Crippen MR) is 68.0 cm³/mol. The van der Waals surface area contributed by atoms with Crippen LogP contribution in [0, 0.1) is 0 Å². The number of para-hydroxylation sites is 1. The first-order chi connectivity index (χ1) is 8.72. The predicted octanol–water partition coefficient (Wildman–Crippen LogP) is 1.78. The molecule has 0 saturated carbocycles. The number of hydrogen-bond acceptors (Lipinski definition) is 2. The molecular weight excluding hydrogens is 228 g/mol. The van der Waals surface area contributed by atoms with Crippen molar-refractivity contribution < 1.29 is 9.59 Å². The standard InChI is InChI=1S/C14H16N2O2/c17-12-7-9-14(8-4-10-16(12)14)13(18)15-11-5-2-1-3-6-11/h1-3,5-6H,4,7-10H2,(H,15,18). The number of rotatable bonds is 2. The Balaban J connectivity index is 1.82. The monoisotopic (exact) mass is 244 g/mol. The Hall–Kier alpha value is -1.84. The quantitative estimate of drug-likeness (QED) is 0.862. The Morgan fingerprint density at radius 2 is 2.00 bits per heavy atom. The normalized spacial score (nSPS) is 26.2. The van der Waals surface area contributed by atoms with Crippen LogP contribution in [-0.2, 0) is 9.59 Å². The molecule has 0 spiro atoms. The number of nitrogens with one attached hydrogen (secondary N) is 1. The first-order valence-electron chi connectivity index (χ1n) is 6.39. The SMILES string of the molecule is O=C1CCC2(C(=O)Nc3ccccc3)CCCN12. The lowest BCUT2D eigenvalue weighted by Crippen LogP contribution is -2.50. The number of benzene rings is 1. The van der Waals surface area contributed by atoms with Crippen molar-refractivity contribution in [1.29, 1.82) is 0 Å². The van der Waals surface area contributed by atoms with E-state index in [1.807, 2.05) is 30.3 Å². The number of fused-ring (bicyclic) bond motifs is 1. The highest BCUT2D eigenvalue weighted by Crippen LogP contribution is 2.40. The van der Waals surface area contributed by atoms with Gasteiger partial charge in [0.15, 0.2) is 0 Å². The smallest absolute Gasteiger partial charge is 0.250 e. The number of anilines is 1. The van der Waals surface area contributed by atoms with Crippen LogP contribution in [0.5, 0.6) is 0 Å². The summed E-state index contributed by atoms with van der Waals surface area (Å²) in [6, 6.07) is 9.42. The van der Waals surface area contributed by atoms with Crippen molar-refractivity contribution in [2.24, 2.45) is 0 Å². The van der Waals surface area contributed by atoms with Crippen LogP contribution in [-0.4, -0.2) is 28.8 Å². The fourth-order valence-corrected chi connectivity index (χ4v) is 3.07. The number of carbonyl (C=O) groups excluding carboxylic acids is 2. The van der Waals surface area contributed by atoms with Gasteiger partial charge in [0.25, 0.3) is 0 Å². The van der Waals surface area contributed by atoms with Crippen molar-refractivity contribution in [2.45, 2.75) is 31.2 Å². The van der Waals surface area contributed by atoms with E-state index in [1.54, 1.807) is 4.90 Å². The van der Waals surface area contributed by atoms with Gasteiger partial charge >= 0.3 is 0 Å². The summed E-state index contributed by atoms with van der Waals surface area (Å²) in [6.45, 7) is 0.723. The summed E-state index contributed by atoms with van der Waals surface area (Å²) in [4.78, 5) is 26.0. The van der Waals surface area contributed by atoms with Crippen LogP contribution in [0.2, 0.25) is 0 Å². The van der Waals surface area contributed by atoms with Gasteiger partial charge in [0.05, 0.1) is 0 Å². The molecule has 2 heterocycles. The van der Waals surface area contributed by atoms with E-state index in [9.17, 15) is 9.59 Å². The molecule has 0 aromatic heterocycles. The fourth-order valence-electron chi connectivity index (χ4n) is 3.07. The number of nitrogens with zero attached hydrogens (tertiary/aromatic N) is 1. The van der Waals surface area contributed by atoms with Gasteiger partial charge in [-0.3, -0.25) is 9.59 Å². The third-order valence-electron chi connectivity index (χ3n) is 4.00. The summed E-state index contributed by atoms with van der Waals surface area (Å²) in [6.07, 6.45) is 2.87. The maximum Gasteiger partial charge on any atom is 0.250 e. The fraction of sp³-hybridized carbons (Fsp3) is 0.429. The summed E-state index contributed by atoms with van der Waals surface area (Å²) in [5.41, 5.74) is 0.218. The minimum absolute atomic E-state index is 0.0305. The van der Waals surface area contributed by atoms with Crippen LogP contribution >= 0.6 is 0 Å². The maximum absolute atomic E-state index is 12.5. The molecule has 94 valence electrons. The summed E-state index contributed by atoms with van der Waals surface area (Å²) >= 11 is 0. The lowest BCUT2D eigenvalue weighted by Gasteiger charge is -2.30. The van der Waals surface area contributed by atoms with Crippen molar-refractivity contribution in [3.05, 3.63) is 30.3 Å². The first-order valence-corrected chi connectivity index (χ1v) is 6.39. The summed E-state index contributed by atoms with van der Waals surface area (Å²) in [5.74, 6) is 0.0905. The third kappa shape index (κ3) is 1.60. The van der Waals surface area contributed by atoms with Gasteiger partial charge in [-0.25, -0.2) is 0 Å². The maximum atomic E-state index is 12.5. The number of carbonyl (C=O) groups is 2. The lowest BCUT2D eigenvalue weighted by atomic mass is 9.93. The largest absolute Gasteiger partial charge is 0.328 e. The minimum Gasteiger partial charge on any atom is -0.328 e. The van der Waals surface area contributed by atoms with Crippen LogP contribution < -0.4 is 5.32 Å². The molecule has 18 heavy (non-hydrogen) atoms. The highest BCUT2D eigenvalue weighted by Gasteiger charge is 2.53. The van der Waals surface area contributed by atoms with Crippen molar-refractivity contribution in [2.75, 3.05) is 11.9 Å². The van der Waals surface area contributed by atoms with E-state index in [4.69, 9.17) is 0 Å². The molecule has 2 amide bonds. The molecule has 2 fully saturated rings. The molecular formula is C14H16N2O2. The molecule has 1 N–H and O–H groups in total. The Morgan fingerprint density at radius 3 is 2.78 bits per heavy atom. The molecule has 4 heteroatoms. The van der Waals surface area contributed by atoms with Gasteiger partial charge in [-0.1, -0.05) is 18.2 Å². The average Bonchev–Trinajstić information content (AvgIpc) is 2.93.